The maximum absolute atomic E-state index is 12.4. The first-order chi connectivity index (χ1) is 10.8. The number of amides is 1. The van der Waals surface area contributed by atoms with E-state index in [0.29, 0.717) is 13.0 Å². The van der Waals surface area contributed by atoms with Crippen LogP contribution in [-0.2, 0) is 16.1 Å². The number of nitrogens with one attached hydrogen (secondary N) is 1. The molecule has 2 fully saturated rings. The number of tetrazole rings is 1. The van der Waals surface area contributed by atoms with E-state index in [2.05, 4.69) is 20.8 Å². The number of aromatic nitrogens is 4. The van der Waals surface area contributed by atoms with Crippen LogP contribution in [0.25, 0.3) is 0 Å². The standard InChI is InChI=1S/C15H25N5O2/c21-14(16-10-13-5-4-8-22-13)9-15(6-2-1-3-7-15)11-20-12-17-18-19-20/h12-13H,1-11H2,(H,16,21)/t13-/m1/s1. The first-order valence-corrected chi connectivity index (χ1v) is 8.35. The smallest absolute Gasteiger partial charge is 0.220 e. The van der Waals surface area contributed by atoms with Gasteiger partial charge in [-0.05, 0) is 41.5 Å². The van der Waals surface area contributed by atoms with Gasteiger partial charge >= 0.3 is 0 Å². The molecule has 1 saturated heterocycles. The monoisotopic (exact) mass is 307 g/mol. The molecule has 2 aliphatic rings. The number of hydrogen-bond donors (Lipinski definition) is 1. The molecule has 1 aromatic rings. The summed E-state index contributed by atoms with van der Waals surface area (Å²) in [6.07, 6.45) is 10.3. The van der Waals surface area contributed by atoms with Crippen molar-refractivity contribution in [1.82, 2.24) is 25.5 Å². The highest BCUT2D eigenvalue weighted by Gasteiger charge is 2.35. The predicted octanol–water partition coefficient (Wildman–Crippen LogP) is 1.31. The largest absolute Gasteiger partial charge is 0.376 e. The summed E-state index contributed by atoms with van der Waals surface area (Å²) in [5.74, 6) is 0.130. The minimum Gasteiger partial charge on any atom is -0.376 e. The third kappa shape index (κ3) is 4.03. The van der Waals surface area contributed by atoms with Gasteiger partial charge in [-0.3, -0.25) is 4.79 Å². The number of carbonyl (C=O) groups excluding carboxylic acids is 1. The molecule has 1 aliphatic carbocycles. The van der Waals surface area contributed by atoms with Gasteiger partial charge in [0.15, 0.2) is 0 Å². The lowest BCUT2D eigenvalue weighted by Crippen LogP contribution is -2.39. The predicted molar refractivity (Wildman–Crippen MR) is 79.9 cm³/mol. The zero-order valence-corrected chi connectivity index (χ0v) is 13.0. The molecule has 1 saturated carbocycles. The summed E-state index contributed by atoms with van der Waals surface area (Å²) in [4.78, 5) is 12.4. The molecule has 1 N–H and O–H groups in total. The van der Waals surface area contributed by atoms with Gasteiger partial charge in [-0.25, -0.2) is 4.68 Å². The van der Waals surface area contributed by atoms with Crippen LogP contribution < -0.4 is 5.32 Å². The molecule has 2 heterocycles. The van der Waals surface area contributed by atoms with E-state index in [4.69, 9.17) is 4.74 Å². The Bertz CT molecular complexity index is 464. The van der Waals surface area contributed by atoms with E-state index in [-0.39, 0.29) is 17.4 Å². The van der Waals surface area contributed by atoms with Crippen molar-refractivity contribution >= 4 is 5.91 Å². The van der Waals surface area contributed by atoms with Gasteiger partial charge in [-0.2, -0.15) is 0 Å². The molecular formula is C15H25N5O2. The number of rotatable bonds is 6. The minimum absolute atomic E-state index is 0.00571. The van der Waals surface area contributed by atoms with E-state index in [1.165, 1.54) is 19.3 Å². The molecule has 0 spiro atoms. The molecule has 7 nitrogen and oxygen atoms in total. The summed E-state index contributed by atoms with van der Waals surface area (Å²) in [5, 5.41) is 14.4. The van der Waals surface area contributed by atoms with Crippen LogP contribution >= 0.6 is 0 Å². The van der Waals surface area contributed by atoms with Crippen molar-refractivity contribution in [3.63, 3.8) is 0 Å². The van der Waals surface area contributed by atoms with Gasteiger partial charge in [0.1, 0.15) is 6.33 Å². The summed E-state index contributed by atoms with van der Waals surface area (Å²) in [6.45, 7) is 2.19. The second-order valence-electron chi connectivity index (χ2n) is 6.68. The summed E-state index contributed by atoms with van der Waals surface area (Å²) < 4.78 is 7.32. The van der Waals surface area contributed by atoms with E-state index in [1.54, 1.807) is 11.0 Å². The second kappa shape index (κ2) is 7.17. The average molecular weight is 307 g/mol. The Balaban J connectivity index is 1.55. The Labute approximate surface area is 130 Å². The van der Waals surface area contributed by atoms with Gasteiger partial charge in [0.05, 0.1) is 12.6 Å². The van der Waals surface area contributed by atoms with Crippen molar-refractivity contribution in [2.75, 3.05) is 13.2 Å². The summed E-state index contributed by atoms with van der Waals surface area (Å²) in [7, 11) is 0. The van der Waals surface area contributed by atoms with Crippen LogP contribution in [0, 0.1) is 5.41 Å². The van der Waals surface area contributed by atoms with Crippen LogP contribution in [0.1, 0.15) is 51.4 Å². The van der Waals surface area contributed by atoms with Crippen LogP contribution in [0.3, 0.4) is 0 Å². The van der Waals surface area contributed by atoms with Gasteiger partial charge < -0.3 is 10.1 Å². The molecule has 122 valence electrons. The Morgan fingerprint density at radius 3 is 2.86 bits per heavy atom. The summed E-state index contributed by atoms with van der Waals surface area (Å²) in [6, 6.07) is 0. The molecule has 1 amide bonds. The quantitative estimate of drug-likeness (QED) is 0.857. The van der Waals surface area contributed by atoms with Crippen LogP contribution in [-0.4, -0.2) is 45.4 Å². The van der Waals surface area contributed by atoms with Gasteiger partial charge in [0.25, 0.3) is 0 Å². The Morgan fingerprint density at radius 1 is 1.32 bits per heavy atom. The highest BCUT2D eigenvalue weighted by molar-refractivity contribution is 5.76. The number of carbonyl (C=O) groups is 1. The number of nitrogens with zero attached hydrogens (tertiary/aromatic N) is 4. The molecule has 0 radical (unpaired) electrons. The Morgan fingerprint density at radius 2 is 2.18 bits per heavy atom. The van der Waals surface area contributed by atoms with Gasteiger partial charge in [0.2, 0.25) is 5.91 Å². The molecule has 7 heteroatoms. The van der Waals surface area contributed by atoms with Crippen molar-refractivity contribution in [3.05, 3.63) is 6.33 Å². The van der Waals surface area contributed by atoms with Crippen molar-refractivity contribution in [3.8, 4) is 0 Å². The van der Waals surface area contributed by atoms with Crippen LogP contribution in [0.5, 0.6) is 0 Å². The van der Waals surface area contributed by atoms with Gasteiger partial charge in [-0.15, -0.1) is 5.10 Å². The fraction of sp³-hybridized carbons (Fsp3) is 0.867. The Kier molecular flexibility index (Phi) is 5.02. The van der Waals surface area contributed by atoms with Crippen molar-refractivity contribution < 1.29 is 9.53 Å². The van der Waals surface area contributed by atoms with Gasteiger partial charge in [0, 0.05) is 19.6 Å². The van der Waals surface area contributed by atoms with Crippen LogP contribution in [0.15, 0.2) is 6.33 Å². The maximum Gasteiger partial charge on any atom is 0.220 e. The second-order valence-corrected chi connectivity index (χ2v) is 6.68. The van der Waals surface area contributed by atoms with E-state index in [0.717, 1.165) is 38.8 Å². The Hall–Kier alpha value is -1.50. The van der Waals surface area contributed by atoms with Crippen molar-refractivity contribution in [2.45, 2.75) is 64.0 Å². The zero-order valence-electron chi connectivity index (χ0n) is 13.0. The first kappa shape index (κ1) is 15.4. The minimum atomic E-state index is -0.00571. The van der Waals surface area contributed by atoms with E-state index >= 15 is 0 Å². The zero-order chi connectivity index (χ0) is 15.3. The maximum atomic E-state index is 12.4. The topological polar surface area (TPSA) is 81.9 Å². The summed E-state index contributed by atoms with van der Waals surface area (Å²) >= 11 is 0. The third-order valence-electron chi connectivity index (χ3n) is 4.89. The molecule has 0 aromatic carbocycles. The lowest BCUT2D eigenvalue weighted by molar-refractivity contribution is -0.124. The highest BCUT2D eigenvalue weighted by Crippen LogP contribution is 2.40. The molecule has 3 rings (SSSR count). The average Bonchev–Trinajstić information content (AvgIpc) is 3.19. The molecule has 1 aromatic heterocycles. The summed E-state index contributed by atoms with van der Waals surface area (Å²) in [5.41, 5.74) is -0.00571. The number of ether oxygens (including phenoxy) is 1. The lowest BCUT2D eigenvalue weighted by Gasteiger charge is -2.36. The fourth-order valence-electron chi connectivity index (χ4n) is 3.73. The lowest BCUT2D eigenvalue weighted by atomic mass is 9.71. The van der Waals surface area contributed by atoms with Crippen molar-refractivity contribution in [1.29, 1.82) is 0 Å². The van der Waals surface area contributed by atoms with Gasteiger partial charge in [-0.1, -0.05) is 19.3 Å². The first-order valence-electron chi connectivity index (χ1n) is 8.35. The molecule has 22 heavy (non-hydrogen) atoms. The van der Waals surface area contributed by atoms with E-state index in [1.807, 2.05) is 0 Å². The third-order valence-corrected chi connectivity index (χ3v) is 4.89. The van der Waals surface area contributed by atoms with Crippen LogP contribution in [0.2, 0.25) is 0 Å². The van der Waals surface area contributed by atoms with E-state index in [9.17, 15) is 4.79 Å². The number of hydrogen-bond acceptors (Lipinski definition) is 5. The molecule has 0 unspecified atom stereocenters. The SMILES string of the molecule is O=C(CC1(Cn2cnnn2)CCCCC1)NC[C@H]1CCCO1. The molecule has 1 atom stereocenters. The van der Waals surface area contributed by atoms with E-state index < -0.39 is 0 Å². The molecule has 1 aliphatic heterocycles. The normalized spacial score (nSPS) is 24.3. The van der Waals surface area contributed by atoms with Crippen LogP contribution in [0.4, 0.5) is 0 Å². The highest BCUT2D eigenvalue weighted by atomic mass is 16.5. The molecule has 0 bridgehead atoms. The fourth-order valence-corrected chi connectivity index (χ4v) is 3.73. The molecular weight excluding hydrogens is 282 g/mol. The van der Waals surface area contributed by atoms with Crippen molar-refractivity contribution in [2.24, 2.45) is 5.41 Å².